The number of likely N-dealkylation sites (tertiary alicyclic amines) is 1. The lowest BCUT2D eigenvalue weighted by atomic mass is 10.1. The van der Waals surface area contributed by atoms with Crippen molar-refractivity contribution < 1.29 is 8.42 Å². The zero-order valence-corrected chi connectivity index (χ0v) is 20.3. The maximum Gasteiger partial charge on any atom is 0.227 e. The SMILES string of the molecule is O=S(=O)(CCCN1CCCC1)c1ccc(Nc2ncc(/C=C/c3cccc4[nH]ccc34)cn2)cc1. The molecule has 0 radical (unpaired) electrons. The van der Waals surface area contributed by atoms with Gasteiger partial charge in [0.25, 0.3) is 0 Å². The van der Waals surface area contributed by atoms with E-state index in [1.54, 1.807) is 36.7 Å². The molecule has 35 heavy (non-hydrogen) atoms. The first-order valence-corrected chi connectivity index (χ1v) is 13.6. The molecule has 4 aromatic rings. The Morgan fingerprint density at radius 3 is 2.51 bits per heavy atom. The van der Waals surface area contributed by atoms with E-state index in [1.165, 1.54) is 18.2 Å². The van der Waals surface area contributed by atoms with Crippen molar-refractivity contribution in [2.24, 2.45) is 0 Å². The largest absolute Gasteiger partial charge is 0.361 e. The number of aromatic amines is 1. The van der Waals surface area contributed by atoms with Crippen molar-refractivity contribution in [2.45, 2.75) is 24.2 Å². The number of anilines is 2. The Kier molecular flexibility index (Phi) is 6.92. The van der Waals surface area contributed by atoms with E-state index in [0.29, 0.717) is 17.3 Å². The van der Waals surface area contributed by atoms with Crippen molar-refractivity contribution in [1.29, 1.82) is 0 Å². The van der Waals surface area contributed by atoms with Crippen molar-refractivity contribution in [3.8, 4) is 0 Å². The fraction of sp³-hybridized carbons (Fsp3) is 0.259. The van der Waals surface area contributed by atoms with Crippen LogP contribution in [0.3, 0.4) is 0 Å². The summed E-state index contributed by atoms with van der Waals surface area (Å²) in [6, 6.07) is 15.0. The number of nitrogens with one attached hydrogen (secondary N) is 2. The summed E-state index contributed by atoms with van der Waals surface area (Å²) in [5.41, 5.74) is 3.85. The van der Waals surface area contributed by atoms with Gasteiger partial charge in [0.05, 0.1) is 10.6 Å². The maximum absolute atomic E-state index is 12.7. The second-order valence-electron chi connectivity index (χ2n) is 8.83. The van der Waals surface area contributed by atoms with E-state index in [0.717, 1.165) is 42.0 Å². The van der Waals surface area contributed by atoms with Crippen molar-refractivity contribution in [3.05, 3.63) is 78.2 Å². The first-order valence-electron chi connectivity index (χ1n) is 12.0. The molecule has 3 heterocycles. The van der Waals surface area contributed by atoms with E-state index >= 15 is 0 Å². The molecule has 1 aliphatic rings. The Morgan fingerprint density at radius 1 is 0.971 bits per heavy atom. The van der Waals surface area contributed by atoms with Crippen LogP contribution in [0.5, 0.6) is 0 Å². The summed E-state index contributed by atoms with van der Waals surface area (Å²) in [6.45, 7) is 3.02. The molecule has 0 unspecified atom stereocenters. The molecule has 0 spiro atoms. The third kappa shape index (κ3) is 5.78. The van der Waals surface area contributed by atoms with Crippen LogP contribution in [-0.2, 0) is 9.84 Å². The van der Waals surface area contributed by atoms with E-state index in [2.05, 4.69) is 37.3 Å². The smallest absolute Gasteiger partial charge is 0.227 e. The lowest BCUT2D eigenvalue weighted by Crippen LogP contribution is -2.22. The van der Waals surface area contributed by atoms with Crippen LogP contribution in [0.1, 0.15) is 30.4 Å². The predicted molar refractivity (Wildman–Crippen MR) is 141 cm³/mol. The highest BCUT2D eigenvalue weighted by atomic mass is 32.2. The molecule has 0 amide bonds. The molecule has 0 bridgehead atoms. The molecule has 7 nitrogen and oxygen atoms in total. The first kappa shape index (κ1) is 23.3. The highest BCUT2D eigenvalue weighted by Crippen LogP contribution is 2.21. The molecule has 5 rings (SSSR count). The molecule has 0 saturated carbocycles. The highest BCUT2D eigenvalue weighted by molar-refractivity contribution is 7.91. The highest BCUT2D eigenvalue weighted by Gasteiger charge is 2.16. The minimum absolute atomic E-state index is 0.174. The van der Waals surface area contributed by atoms with Crippen LogP contribution in [0.15, 0.2) is 72.0 Å². The van der Waals surface area contributed by atoms with Gasteiger partial charge in [0.2, 0.25) is 5.95 Å². The molecule has 1 aliphatic heterocycles. The van der Waals surface area contributed by atoms with Crippen molar-refractivity contribution in [2.75, 3.05) is 30.7 Å². The number of benzene rings is 2. The van der Waals surface area contributed by atoms with Crippen molar-refractivity contribution in [3.63, 3.8) is 0 Å². The van der Waals surface area contributed by atoms with Crippen LogP contribution in [0.2, 0.25) is 0 Å². The van der Waals surface area contributed by atoms with Gasteiger partial charge < -0.3 is 15.2 Å². The van der Waals surface area contributed by atoms with Gasteiger partial charge in [-0.05, 0) is 80.9 Å². The number of hydrogen-bond acceptors (Lipinski definition) is 6. The van der Waals surface area contributed by atoms with E-state index in [9.17, 15) is 8.42 Å². The van der Waals surface area contributed by atoms with Gasteiger partial charge in [-0.3, -0.25) is 0 Å². The Labute approximate surface area is 205 Å². The zero-order chi connectivity index (χ0) is 24.1. The number of H-pyrrole nitrogens is 1. The van der Waals surface area contributed by atoms with E-state index in [1.807, 2.05) is 30.5 Å². The first-order chi connectivity index (χ1) is 17.1. The molecule has 8 heteroatoms. The summed E-state index contributed by atoms with van der Waals surface area (Å²) in [5, 5.41) is 4.30. The molecule has 2 N–H and O–H groups in total. The zero-order valence-electron chi connectivity index (χ0n) is 19.5. The van der Waals surface area contributed by atoms with E-state index < -0.39 is 9.84 Å². The number of sulfone groups is 1. The van der Waals surface area contributed by atoms with E-state index in [4.69, 9.17) is 0 Å². The summed E-state index contributed by atoms with van der Waals surface area (Å²) >= 11 is 0. The standard InChI is InChI=1S/C27H29N5O2S/c33-35(34,18-4-17-32-15-1-2-16-32)24-11-9-23(10-12-24)31-27-29-19-21(20-30-27)7-8-22-5-3-6-26-25(22)13-14-28-26/h3,5-14,19-20,28H,1-2,4,15-18H2,(H,29,30,31)/b8-7+. The molecule has 2 aromatic heterocycles. The van der Waals surface area contributed by atoms with Crippen LogP contribution in [0.4, 0.5) is 11.6 Å². The van der Waals surface area contributed by atoms with Gasteiger partial charge >= 0.3 is 0 Å². The Morgan fingerprint density at radius 2 is 1.74 bits per heavy atom. The minimum Gasteiger partial charge on any atom is -0.361 e. The second kappa shape index (κ2) is 10.4. The molecular formula is C27H29N5O2S. The number of hydrogen-bond donors (Lipinski definition) is 2. The lowest BCUT2D eigenvalue weighted by Gasteiger charge is -2.14. The minimum atomic E-state index is -3.28. The van der Waals surface area contributed by atoms with Gasteiger partial charge in [-0.2, -0.15) is 0 Å². The van der Waals surface area contributed by atoms with Crippen molar-refractivity contribution in [1.82, 2.24) is 19.9 Å². The number of nitrogens with zero attached hydrogens (tertiary/aromatic N) is 3. The number of rotatable bonds is 9. The molecule has 1 fully saturated rings. The Bertz CT molecular complexity index is 1400. The lowest BCUT2D eigenvalue weighted by molar-refractivity contribution is 0.340. The Hall–Kier alpha value is -3.49. The average Bonchev–Trinajstić information content (AvgIpc) is 3.56. The molecule has 0 atom stereocenters. The topological polar surface area (TPSA) is 91.0 Å². The third-order valence-corrected chi connectivity index (χ3v) is 8.13. The fourth-order valence-corrected chi connectivity index (χ4v) is 5.70. The summed E-state index contributed by atoms with van der Waals surface area (Å²) in [5.74, 6) is 0.628. The summed E-state index contributed by atoms with van der Waals surface area (Å²) < 4.78 is 25.3. The van der Waals surface area contributed by atoms with Gasteiger partial charge in [-0.15, -0.1) is 0 Å². The normalized spacial score (nSPS) is 14.7. The van der Waals surface area contributed by atoms with Gasteiger partial charge in [-0.25, -0.2) is 18.4 Å². The Balaban J connectivity index is 1.17. The number of fused-ring (bicyclic) bond motifs is 1. The van der Waals surface area contributed by atoms with Crippen LogP contribution in [0, 0.1) is 0 Å². The fourth-order valence-electron chi connectivity index (χ4n) is 4.41. The molecule has 1 saturated heterocycles. The van der Waals surface area contributed by atoms with E-state index in [-0.39, 0.29) is 5.75 Å². The maximum atomic E-state index is 12.7. The second-order valence-corrected chi connectivity index (χ2v) is 10.9. The average molecular weight is 488 g/mol. The van der Waals surface area contributed by atoms with Crippen molar-refractivity contribution >= 4 is 44.5 Å². The summed E-state index contributed by atoms with van der Waals surface area (Å²) in [7, 11) is -3.28. The summed E-state index contributed by atoms with van der Waals surface area (Å²) in [4.78, 5) is 14.7. The predicted octanol–water partition coefficient (Wildman–Crippen LogP) is 5.13. The third-order valence-electron chi connectivity index (χ3n) is 6.31. The molecular weight excluding hydrogens is 458 g/mol. The van der Waals surface area contributed by atoms with Gasteiger partial charge in [0, 0.05) is 40.7 Å². The van der Waals surface area contributed by atoms with Gasteiger partial charge in [-0.1, -0.05) is 24.3 Å². The number of aromatic nitrogens is 3. The van der Waals surface area contributed by atoms with Gasteiger partial charge in [0.15, 0.2) is 9.84 Å². The molecule has 180 valence electrons. The van der Waals surface area contributed by atoms with Crippen LogP contribution < -0.4 is 5.32 Å². The van der Waals surface area contributed by atoms with Crippen LogP contribution in [0.25, 0.3) is 23.1 Å². The monoisotopic (exact) mass is 487 g/mol. The molecule has 0 aliphatic carbocycles. The molecule has 2 aromatic carbocycles. The van der Waals surface area contributed by atoms with Crippen LogP contribution in [-0.4, -0.2) is 53.7 Å². The van der Waals surface area contributed by atoms with Gasteiger partial charge in [0.1, 0.15) is 0 Å². The quantitative estimate of drug-likeness (QED) is 0.340. The van der Waals surface area contributed by atoms with Crippen LogP contribution >= 0.6 is 0 Å². The summed E-state index contributed by atoms with van der Waals surface area (Å²) in [6.07, 6.45) is 12.6.